The quantitative estimate of drug-likeness (QED) is 0.929. The summed E-state index contributed by atoms with van der Waals surface area (Å²) >= 11 is 0. The average molecular weight is 272 g/mol. The minimum atomic E-state index is 0.0833. The van der Waals surface area contributed by atoms with Gasteiger partial charge >= 0.3 is 0 Å². The van der Waals surface area contributed by atoms with Gasteiger partial charge in [0.1, 0.15) is 0 Å². The minimum absolute atomic E-state index is 0.0833. The van der Waals surface area contributed by atoms with Gasteiger partial charge in [0.05, 0.1) is 11.4 Å². The number of aromatic nitrogens is 3. The summed E-state index contributed by atoms with van der Waals surface area (Å²) in [6.45, 7) is 9.53. The van der Waals surface area contributed by atoms with E-state index in [1.807, 2.05) is 18.3 Å². The van der Waals surface area contributed by atoms with Crippen molar-refractivity contribution in [2.45, 2.75) is 45.7 Å². The largest absolute Gasteiger partial charge is 0.292 e. The fourth-order valence-electron chi connectivity index (χ4n) is 2.08. The predicted molar refractivity (Wildman–Crippen MR) is 81.4 cm³/mol. The highest BCUT2D eigenvalue weighted by Crippen LogP contribution is 2.22. The minimum Gasteiger partial charge on any atom is -0.292 e. The standard InChI is InChI=1S/C16H24N4/c1-12(14-8-6-7-9-17-14)20(5)11-13-10-15(19-18-13)16(2,3)4/h6-10,12H,11H2,1-5H3,(H,18,19)/t12-/m0/s1. The Morgan fingerprint density at radius 3 is 2.60 bits per heavy atom. The Labute approximate surface area is 121 Å². The van der Waals surface area contributed by atoms with E-state index in [9.17, 15) is 0 Å². The number of H-pyrrole nitrogens is 1. The lowest BCUT2D eigenvalue weighted by Gasteiger charge is -2.23. The molecule has 4 nitrogen and oxygen atoms in total. The zero-order chi connectivity index (χ0) is 14.8. The molecule has 1 N–H and O–H groups in total. The van der Waals surface area contributed by atoms with Gasteiger partial charge in [-0.1, -0.05) is 26.8 Å². The first-order valence-electron chi connectivity index (χ1n) is 7.04. The number of aromatic amines is 1. The molecule has 4 heteroatoms. The van der Waals surface area contributed by atoms with Crippen LogP contribution in [0.4, 0.5) is 0 Å². The van der Waals surface area contributed by atoms with Gasteiger partial charge in [-0.05, 0) is 32.2 Å². The van der Waals surface area contributed by atoms with Crippen molar-refractivity contribution in [3.63, 3.8) is 0 Å². The van der Waals surface area contributed by atoms with Crippen LogP contribution in [0.2, 0.25) is 0 Å². The second-order valence-corrected chi connectivity index (χ2v) is 6.37. The van der Waals surface area contributed by atoms with Crippen molar-refractivity contribution >= 4 is 0 Å². The van der Waals surface area contributed by atoms with E-state index < -0.39 is 0 Å². The van der Waals surface area contributed by atoms with Crippen LogP contribution in [0.15, 0.2) is 30.5 Å². The molecule has 0 spiro atoms. The lowest BCUT2D eigenvalue weighted by molar-refractivity contribution is 0.245. The molecule has 0 unspecified atom stereocenters. The van der Waals surface area contributed by atoms with Gasteiger partial charge < -0.3 is 0 Å². The molecular weight excluding hydrogens is 248 g/mol. The number of nitrogens with one attached hydrogen (secondary N) is 1. The Bertz CT molecular complexity index is 539. The Kier molecular flexibility index (Phi) is 4.23. The van der Waals surface area contributed by atoms with Crippen LogP contribution in [0.1, 0.15) is 50.8 Å². The van der Waals surface area contributed by atoms with Gasteiger partial charge in [0.25, 0.3) is 0 Å². The molecule has 2 aromatic rings. The number of hydrogen-bond acceptors (Lipinski definition) is 3. The van der Waals surface area contributed by atoms with E-state index in [-0.39, 0.29) is 11.5 Å². The zero-order valence-electron chi connectivity index (χ0n) is 13.0. The van der Waals surface area contributed by atoms with E-state index in [4.69, 9.17) is 0 Å². The molecule has 1 atom stereocenters. The van der Waals surface area contributed by atoms with E-state index in [2.05, 4.69) is 67.0 Å². The Balaban J connectivity index is 2.04. The monoisotopic (exact) mass is 272 g/mol. The third kappa shape index (κ3) is 3.45. The van der Waals surface area contributed by atoms with Gasteiger partial charge in [0.2, 0.25) is 0 Å². The van der Waals surface area contributed by atoms with Crippen LogP contribution in [0.25, 0.3) is 0 Å². The summed E-state index contributed by atoms with van der Waals surface area (Å²) in [7, 11) is 2.11. The SMILES string of the molecule is C[C@@H](c1ccccn1)N(C)Cc1cc(C(C)(C)C)n[nH]1. The maximum atomic E-state index is 4.42. The van der Waals surface area contributed by atoms with Crippen molar-refractivity contribution in [3.05, 3.63) is 47.5 Å². The van der Waals surface area contributed by atoms with Crippen LogP contribution in [0, 0.1) is 0 Å². The van der Waals surface area contributed by atoms with E-state index in [0.29, 0.717) is 0 Å². The van der Waals surface area contributed by atoms with Crippen LogP contribution >= 0.6 is 0 Å². The maximum absolute atomic E-state index is 4.42. The van der Waals surface area contributed by atoms with E-state index in [0.717, 1.165) is 23.6 Å². The number of nitrogens with zero attached hydrogens (tertiary/aromatic N) is 3. The van der Waals surface area contributed by atoms with Gasteiger partial charge in [0.15, 0.2) is 0 Å². The summed E-state index contributed by atoms with van der Waals surface area (Å²) in [6, 6.07) is 8.47. The molecule has 0 aliphatic carbocycles. The molecule has 2 heterocycles. The number of rotatable bonds is 4. The second-order valence-electron chi connectivity index (χ2n) is 6.37. The average Bonchev–Trinajstić information content (AvgIpc) is 2.87. The molecule has 0 bridgehead atoms. The summed E-state index contributed by atoms with van der Waals surface area (Å²) in [4.78, 5) is 6.68. The van der Waals surface area contributed by atoms with Gasteiger partial charge in [-0.15, -0.1) is 0 Å². The summed E-state index contributed by atoms with van der Waals surface area (Å²) in [5, 5.41) is 7.54. The van der Waals surface area contributed by atoms with Crippen LogP contribution < -0.4 is 0 Å². The van der Waals surface area contributed by atoms with Gasteiger partial charge in [-0.2, -0.15) is 5.10 Å². The summed E-state index contributed by atoms with van der Waals surface area (Å²) in [6.07, 6.45) is 1.84. The Hall–Kier alpha value is -1.68. The molecule has 108 valence electrons. The van der Waals surface area contributed by atoms with Crippen molar-refractivity contribution in [1.29, 1.82) is 0 Å². The maximum Gasteiger partial charge on any atom is 0.0678 e. The fourth-order valence-corrected chi connectivity index (χ4v) is 2.08. The lowest BCUT2D eigenvalue weighted by atomic mass is 9.92. The van der Waals surface area contributed by atoms with Crippen molar-refractivity contribution in [2.75, 3.05) is 7.05 Å². The first-order valence-corrected chi connectivity index (χ1v) is 7.04. The second kappa shape index (κ2) is 5.75. The van der Waals surface area contributed by atoms with Crippen LogP contribution in [-0.4, -0.2) is 27.1 Å². The van der Waals surface area contributed by atoms with Gasteiger partial charge in [-0.25, -0.2) is 0 Å². The van der Waals surface area contributed by atoms with E-state index >= 15 is 0 Å². The number of pyridine rings is 1. The van der Waals surface area contributed by atoms with Crippen LogP contribution in [0.5, 0.6) is 0 Å². The van der Waals surface area contributed by atoms with Gasteiger partial charge in [0, 0.05) is 29.9 Å². The smallest absolute Gasteiger partial charge is 0.0678 e. The van der Waals surface area contributed by atoms with E-state index in [1.54, 1.807) is 0 Å². The molecule has 0 fully saturated rings. The summed E-state index contributed by atoms with van der Waals surface area (Å²) in [5.74, 6) is 0. The first kappa shape index (κ1) is 14.7. The molecule has 20 heavy (non-hydrogen) atoms. The summed E-state index contributed by atoms with van der Waals surface area (Å²) in [5.41, 5.74) is 3.41. The third-order valence-electron chi connectivity index (χ3n) is 3.60. The zero-order valence-corrected chi connectivity index (χ0v) is 13.0. The van der Waals surface area contributed by atoms with Crippen molar-refractivity contribution in [1.82, 2.24) is 20.1 Å². The molecule has 0 aliphatic heterocycles. The normalized spacial score (nSPS) is 13.7. The highest BCUT2D eigenvalue weighted by atomic mass is 15.2. The third-order valence-corrected chi connectivity index (χ3v) is 3.60. The lowest BCUT2D eigenvalue weighted by Crippen LogP contribution is -2.22. The molecule has 0 amide bonds. The summed E-state index contributed by atoms with van der Waals surface area (Å²) < 4.78 is 0. The van der Waals surface area contributed by atoms with Crippen LogP contribution in [0.3, 0.4) is 0 Å². The Morgan fingerprint density at radius 1 is 1.30 bits per heavy atom. The van der Waals surface area contributed by atoms with Crippen molar-refractivity contribution in [3.8, 4) is 0 Å². The van der Waals surface area contributed by atoms with Crippen molar-refractivity contribution in [2.24, 2.45) is 0 Å². The molecule has 2 aromatic heterocycles. The van der Waals surface area contributed by atoms with Gasteiger partial charge in [-0.3, -0.25) is 15.0 Å². The first-order chi connectivity index (χ1) is 9.38. The fraction of sp³-hybridized carbons (Fsp3) is 0.500. The predicted octanol–water partition coefficient (Wildman–Crippen LogP) is 3.30. The van der Waals surface area contributed by atoms with Crippen LogP contribution in [-0.2, 0) is 12.0 Å². The molecule has 0 aromatic carbocycles. The molecular formula is C16H24N4. The van der Waals surface area contributed by atoms with E-state index in [1.165, 1.54) is 0 Å². The molecule has 2 rings (SSSR count). The molecule has 0 aliphatic rings. The molecule has 0 saturated carbocycles. The number of hydrogen-bond donors (Lipinski definition) is 1. The topological polar surface area (TPSA) is 44.8 Å². The highest BCUT2D eigenvalue weighted by Gasteiger charge is 2.19. The molecule has 0 saturated heterocycles. The van der Waals surface area contributed by atoms with Crippen molar-refractivity contribution < 1.29 is 0 Å². The molecule has 0 radical (unpaired) electrons. The Morgan fingerprint density at radius 2 is 2.05 bits per heavy atom. The highest BCUT2D eigenvalue weighted by molar-refractivity contribution is 5.16.